The number of aromatic nitrogens is 1. The first-order valence-corrected chi connectivity index (χ1v) is 5.31. The van der Waals surface area contributed by atoms with Crippen LogP contribution in [0.3, 0.4) is 0 Å². The van der Waals surface area contributed by atoms with Crippen LogP contribution in [-0.2, 0) is 9.59 Å². The van der Waals surface area contributed by atoms with E-state index in [0.717, 1.165) is 16.5 Å². The van der Waals surface area contributed by atoms with Gasteiger partial charge in [-0.2, -0.15) is 0 Å². The third-order valence-corrected chi connectivity index (χ3v) is 2.87. The molecule has 1 aromatic heterocycles. The molecule has 1 N–H and O–H groups in total. The Morgan fingerprint density at radius 3 is 2.53 bits per heavy atom. The summed E-state index contributed by atoms with van der Waals surface area (Å²) in [4.78, 5) is 27.5. The van der Waals surface area contributed by atoms with Crippen molar-refractivity contribution in [1.29, 1.82) is 0 Å². The third-order valence-electron chi connectivity index (χ3n) is 2.87. The van der Waals surface area contributed by atoms with Gasteiger partial charge < -0.3 is 4.98 Å². The highest BCUT2D eigenvalue weighted by Crippen LogP contribution is 2.29. The Hall–Kier alpha value is -2.36. The topological polar surface area (TPSA) is 53.2 Å². The summed E-state index contributed by atoms with van der Waals surface area (Å²) in [5.74, 6) is -0.588. The number of amides is 2. The van der Waals surface area contributed by atoms with Crippen molar-refractivity contribution in [2.24, 2.45) is 0 Å². The average Bonchev–Trinajstić information content (AvgIpc) is 2.83. The molecule has 0 spiro atoms. The first kappa shape index (κ1) is 9.84. The molecular formula is C13H10N2O2. The van der Waals surface area contributed by atoms with E-state index in [1.165, 1.54) is 17.1 Å². The number of nitrogens with one attached hydrogen (secondary N) is 1. The minimum Gasteiger partial charge on any atom is -0.359 e. The lowest BCUT2D eigenvalue weighted by molar-refractivity contribution is -0.119. The van der Waals surface area contributed by atoms with Crippen molar-refractivity contribution < 1.29 is 9.59 Å². The van der Waals surface area contributed by atoms with Crippen molar-refractivity contribution in [3.05, 3.63) is 42.1 Å². The van der Waals surface area contributed by atoms with Gasteiger partial charge in [0.05, 0.1) is 5.69 Å². The van der Waals surface area contributed by atoms with E-state index in [1.807, 2.05) is 25.1 Å². The van der Waals surface area contributed by atoms with Gasteiger partial charge in [0.25, 0.3) is 11.8 Å². The number of aromatic amines is 1. The number of hydrogen-bond donors (Lipinski definition) is 1. The third kappa shape index (κ3) is 1.38. The number of carbonyl (C=O) groups excluding carboxylic acids is 2. The SMILES string of the molecule is Cc1ccc2[nH]cc(N3C(=O)C=CC3=O)c2c1. The Bertz CT molecular complexity index is 649. The molecule has 0 atom stereocenters. The Morgan fingerprint density at radius 2 is 1.82 bits per heavy atom. The van der Waals surface area contributed by atoms with Crippen LogP contribution in [0.2, 0.25) is 0 Å². The lowest BCUT2D eigenvalue weighted by Gasteiger charge is -2.12. The van der Waals surface area contributed by atoms with Crippen LogP contribution in [0.4, 0.5) is 5.69 Å². The zero-order chi connectivity index (χ0) is 12.0. The number of fused-ring (bicyclic) bond motifs is 1. The molecular weight excluding hydrogens is 216 g/mol. The molecule has 0 aliphatic carbocycles. The molecule has 0 saturated heterocycles. The van der Waals surface area contributed by atoms with Gasteiger partial charge in [0.1, 0.15) is 0 Å². The van der Waals surface area contributed by atoms with Crippen molar-refractivity contribution in [1.82, 2.24) is 4.98 Å². The van der Waals surface area contributed by atoms with Gasteiger partial charge in [0.2, 0.25) is 0 Å². The maximum Gasteiger partial charge on any atom is 0.258 e. The number of imide groups is 1. The fraction of sp³-hybridized carbons (Fsp3) is 0.0769. The molecule has 1 aliphatic heterocycles. The summed E-state index contributed by atoms with van der Waals surface area (Å²) in [6.07, 6.45) is 4.26. The number of carbonyl (C=O) groups is 2. The van der Waals surface area contributed by atoms with E-state index in [2.05, 4.69) is 4.98 Å². The Morgan fingerprint density at radius 1 is 1.12 bits per heavy atom. The maximum absolute atomic E-state index is 11.6. The minimum atomic E-state index is -0.294. The number of aryl methyl sites for hydroxylation is 1. The molecule has 4 nitrogen and oxygen atoms in total. The van der Waals surface area contributed by atoms with Crippen LogP contribution in [0.1, 0.15) is 5.56 Å². The van der Waals surface area contributed by atoms with E-state index in [4.69, 9.17) is 0 Å². The molecule has 0 unspecified atom stereocenters. The van der Waals surface area contributed by atoms with Crippen LogP contribution >= 0.6 is 0 Å². The van der Waals surface area contributed by atoms with Crippen molar-refractivity contribution in [3.8, 4) is 0 Å². The Labute approximate surface area is 97.5 Å². The van der Waals surface area contributed by atoms with Gasteiger partial charge in [0.15, 0.2) is 0 Å². The Balaban J connectivity index is 2.21. The van der Waals surface area contributed by atoms with Gasteiger partial charge >= 0.3 is 0 Å². The summed E-state index contributed by atoms with van der Waals surface area (Å²) < 4.78 is 0. The summed E-state index contributed by atoms with van der Waals surface area (Å²) in [6, 6.07) is 5.88. The van der Waals surface area contributed by atoms with Gasteiger partial charge in [-0.25, -0.2) is 4.90 Å². The second kappa shape index (κ2) is 3.31. The summed E-state index contributed by atoms with van der Waals surface area (Å²) in [6.45, 7) is 1.97. The molecule has 0 saturated carbocycles. The highest BCUT2D eigenvalue weighted by atomic mass is 16.2. The molecule has 0 bridgehead atoms. The molecule has 2 amide bonds. The molecule has 4 heteroatoms. The van der Waals surface area contributed by atoms with E-state index in [0.29, 0.717) is 5.69 Å². The number of hydrogen-bond acceptors (Lipinski definition) is 2. The summed E-state index contributed by atoms with van der Waals surface area (Å²) in [7, 11) is 0. The standard InChI is InChI=1S/C13H10N2O2/c1-8-2-3-10-9(6-8)11(7-14-10)15-12(16)4-5-13(15)17/h2-7,14H,1H3. The molecule has 1 aromatic carbocycles. The van der Waals surface area contributed by atoms with Crippen molar-refractivity contribution >= 4 is 28.4 Å². The zero-order valence-electron chi connectivity index (χ0n) is 9.23. The van der Waals surface area contributed by atoms with Gasteiger partial charge in [-0.1, -0.05) is 11.6 Å². The Kier molecular flexibility index (Phi) is 1.92. The van der Waals surface area contributed by atoms with E-state index in [-0.39, 0.29) is 11.8 Å². The van der Waals surface area contributed by atoms with Crippen LogP contribution in [0.15, 0.2) is 36.5 Å². The van der Waals surface area contributed by atoms with Gasteiger partial charge in [-0.05, 0) is 19.1 Å². The van der Waals surface area contributed by atoms with Crippen LogP contribution in [0.25, 0.3) is 10.9 Å². The summed E-state index contributed by atoms with van der Waals surface area (Å²) >= 11 is 0. The highest BCUT2D eigenvalue weighted by molar-refractivity contribution is 6.30. The van der Waals surface area contributed by atoms with Gasteiger partial charge in [-0.3, -0.25) is 9.59 Å². The molecule has 0 fully saturated rings. The molecule has 0 radical (unpaired) electrons. The van der Waals surface area contributed by atoms with E-state index < -0.39 is 0 Å². The van der Waals surface area contributed by atoms with E-state index >= 15 is 0 Å². The van der Waals surface area contributed by atoms with Crippen LogP contribution < -0.4 is 4.90 Å². The van der Waals surface area contributed by atoms with Crippen LogP contribution in [-0.4, -0.2) is 16.8 Å². The van der Waals surface area contributed by atoms with Crippen LogP contribution in [0.5, 0.6) is 0 Å². The maximum atomic E-state index is 11.6. The summed E-state index contributed by atoms with van der Waals surface area (Å²) in [5.41, 5.74) is 2.62. The lowest BCUT2D eigenvalue weighted by Crippen LogP contribution is -2.29. The van der Waals surface area contributed by atoms with Crippen LogP contribution in [0, 0.1) is 6.92 Å². The fourth-order valence-corrected chi connectivity index (χ4v) is 2.04. The summed E-state index contributed by atoms with van der Waals surface area (Å²) in [5, 5.41) is 0.885. The van der Waals surface area contributed by atoms with E-state index in [1.54, 1.807) is 6.20 Å². The number of benzene rings is 1. The highest BCUT2D eigenvalue weighted by Gasteiger charge is 2.27. The van der Waals surface area contributed by atoms with Crippen molar-refractivity contribution in [3.63, 3.8) is 0 Å². The second-order valence-electron chi connectivity index (χ2n) is 4.07. The minimum absolute atomic E-state index is 0.294. The quantitative estimate of drug-likeness (QED) is 0.755. The molecule has 1 aliphatic rings. The molecule has 17 heavy (non-hydrogen) atoms. The monoisotopic (exact) mass is 226 g/mol. The molecule has 3 rings (SSSR count). The predicted octanol–water partition coefficient (Wildman–Crippen LogP) is 1.91. The molecule has 84 valence electrons. The largest absolute Gasteiger partial charge is 0.359 e. The molecule has 2 heterocycles. The first-order chi connectivity index (χ1) is 8.16. The predicted molar refractivity (Wildman–Crippen MR) is 64.7 cm³/mol. The van der Waals surface area contributed by atoms with Gasteiger partial charge in [0, 0.05) is 29.3 Å². The number of H-pyrrole nitrogens is 1. The van der Waals surface area contributed by atoms with Crippen molar-refractivity contribution in [2.45, 2.75) is 6.92 Å². The normalized spacial score (nSPS) is 15.2. The first-order valence-electron chi connectivity index (χ1n) is 5.31. The number of anilines is 1. The average molecular weight is 226 g/mol. The second-order valence-corrected chi connectivity index (χ2v) is 4.07. The molecule has 2 aromatic rings. The van der Waals surface area contributed by atoms with Crippen molar-refractivity contribution in [2.75, 3.05) is 4.90 Å². The number of nitrogens with zero attached hydrogens (tertiary/aromatic N) is 1. The fourth-order valence-electron chi connectivity index (χ4n) is 2.04. The number of rotatable bonds is 1. The van der Waals surface area contributed by atoms with Gasteiger partial charge in [-0.15, -0.1) is 0 Å². The smallest absolute Gasteiger partial charge is 0.258 e. The van der Waals surface area contributed by atoms with E-state index in [9.17, 15) is 9.59 Å². The lowest BCUT2D eigenvalue weighted by atomic mass is 10.1. The zero-order valence-corrected chi connectivity index (χ0v) is 9.23.